The molecule has 0 saturated heterocycles. The van der Waals surface area contributed by atoms with E-state index in [0.717, 1.165) is 49.2 Å². The lowest BCUT2D eigenvalue weighted by molar-refractivity contribution is 0.0960. The highest BCUT2D eigenvalue weighted by atomic mass is 32.2. The molecule has 148 valence electrons. The fraction of sp³-hybridized carbons (Fsp3) is 0.364. The summed E-state index contributed by atoms with van der Waals surface area (Å²) >= 11 is 3.18. The van der Waals surface area contributed by atoms with E-state index in [-0.39, 0.29) is 5.91 Å². The van der Waals surface area contributed by atoms with Crippen LogP contribution < -0.4 is 5.32 Å². The number of aromatic nitrogens is 2. The molecule has 4 rings (SSSR count). The third kappa shape index (κ3) is 4.29. The zero-order valence-electron chi connectivity index (χ0n) is 16.5. The van der Waals surface area contributed by atoms with Crippen molar-refractivity contribution in [2.45, 2.75) is 38.4 Å². The zero-order chi connectivity index (χ0) is 20.4. The van der Waals surface area contributed by atoms with Gasteiger partial charge in [-0.25, -0.2) is 9.97 Å². The number of nitrogens with zero attached hydrogens (tertiary/aromatic N) is 3. The van der Waals surface area contributed by atoms with Crippen molar-refractivity contribution in [3.05, 3.63) is 57.4 Å². The number of benzene rings is 1. The summed E-state index contributed by atoms with van der Waals surface area (Å²) in [6, 6.07) is 9.85. The number of nitrogens with one attached hydrogen (secondary N) is 1. The number of nitriles is 1. The Hall–Kier alpha value is -2.43. The highest BCUT2D eigenvalue weighted by Gasteiger charge is 2.28. The van der Waals surface area contributed by atoms with Gasteiger partial charge in [0.1, 0.15) is 10.7 Å². The summed E-state index contributed by atoms with van der Waals surface area (Å²) in [4.78, 5) is 23.7. The minimum Gasteiger partial charge on any atom is -0.351 e. The summed E-state index contributed by atoms with van der Waals surface area (Å²) in [6.07, 6.45) is 2.33. The Morgan fingerprint density at radius 3 is 2.86 bits per heavy atom. The molecule has 2 aromatic heterocycles. The Morgan fingerprint density at radius 2 is 2.10 bits per heavy atom. The molecule has 1 aliphatic carbocycles. The average Bonchev–Trinajstić information content (AvgIpc) is 3.51. The van der Waals surface area contributed by atoms with E-state index in [0.29, 0.717) is 18.0 Å². The van der Waals surface area contributed by atoms with Crippen molar-refractivity contribution < 1.29 is 4.79 Å². The lowest BCUT2D eigenvalue weighted by Gasteiger charge is -2.06. The van der Waals surface area contributed by atoms with Crippen molar-refractivity contribution in [2.75, 3.05) is 12.3 Å². The Morgan fingerprint density at radius 1 is 1.31 bits per heavy atom. The van der Waals surface area contributed by atoms with E-state index in [2.05, 4.69) is 16.4 Å². The Labute approximate surface area is 178 Å². The smallest absolute Gasteiger partial charge is 0.261 e. The van der Waals surface area contributed by atoms with E-state index >= 15 is 0 Å². The van der Waals surface area contributed by atoms with E-state index in [1.807, 2.05) is 38.1 Å². The maximum Gasteiger partial charge on any atom is 0.261 e. The molecular formula is C22H22N4OS2. The van der Waals surface area contributed by atoms with Crippen molar-refractivity contribution in [3.63, 3.8) is 0 Å². The fourth-order valence-corrected chi connectivity index (χ4v) is 5.37. The summed E-state index contributed by atoms with van der Waals surface area (Å²) in [6.45, 7) is 4.57. The van der Waals surface area contributed by atoms with Crippen molar-refractivity contribution in [2.24, 2.45) is 0 Å². The lowest BCUT2D eigenvalue weighted by Crippen LogP contribution is -2.25. The molecule has 1 aliphatic rings. The fourth-order valence-electron chi connectivity index (χ4n) is 3.35. The molecule has 5 nitrogen and oxygen atoms in total. The molecule has 29 heavy (non-hydrogen) atoms. The standard InChI is InChI=1S/C22H22N4OS2/c1-13-18-14(2)25-20(15-7-8-15)26-22(18)29-19(13)21(27)24-9-10-28-12-17-6-4-3-5-16(17)11-23/h3-6,15H,7-10,12H2,1-2H3,(H,24,27). The molecule has 1 amide bonds. The highest BCUT2D eigenvalue weighted by molar-refractivity contribution is 7.98. The van der Waals surface area contributed by atoms with Gasteiger partial charge in [-0.15, -0.1) is 11.3 Å². The minimum absolute atomic E-state index is 0.0455. The summed E-state index contributed by atoms with van der Waals surface area (Å²) in [5.41, 5.74) is 3.69. The van der Waals surface area contributed by atoms with Crippen LogP contribution in [0.4, 0.5) is 0 Å². The van der Waals surface area contributed by atoms with Gasteiger partial charge in [0.15, 0.2) is 0 Å². The molecular weight excluding hydrogens is 400 g/mol. The Balaban J connectivity index is 1.36. The van der Waals surface area contributed by atoms with Gasteiger partial charge in [-0.2, -0.15) is 17.0 Å². The van der Waals surface area contributed by atoms with Crippen LogP contribution in [0.25, 0.3) is 10.2 Å². The van der Waals surface area contributed by atoms with Gasteiger partial charge >= 0.3 is 0 Å². The molecule has 0 aliphatic heterocycles. The topological polar surface area (TPSA) is 78.7 Å². The monoisotopic (exact) mass is 422 g/mol. The van der Waals surface area contributed by atoms with Crippen LogP contribution in [0.5, 0.6) is 0 Å². The number of amides is 1. The summed E-state index contributed by atoms with van der Waals surface area (Å²) in [5, 5.41) is 13.2. The second kappa shape index (κ2) is 8.52. The first-order valence-corrected chi connectivity index (χ1v) is 11.7. The van der Waals surface area contributed by atoms with Crippen molar-refractivity contribution in [1.29, 1.82) is 5.26 Å². The number of hydrogen-bond donors (Lipinski definition) is 1. The van der Waals surface area contributed by atoms with Crippen LogP contribution >= 0.6 is 23.1 Å². The summed E-state index contributed by atoms with van der Waals surface area (Å²) < 4.78 is 0. The van der Waals surface area contributed by atoms with Crippen LogP contribution in [0.2, 0.25) is 0 Å². The number of carbonyl (C=O) groups excluding carboxylic acids is 1. The SMILES string of the molecule is Cc1nc(C2CC2)nc2sc(C(=O)NCCSCc3ccccc3C#N)c(C)c12. The first-order chi connectivity index (χ1) is 14.1. The van der Waals surface area contributed by atoms with E-state index in [1.54, 1.807) is 11.8 Å². The number of carbonyl (C=O) groups is 1. The second-order valence-electron chi connectivity index (χ2n) is 7.26. The molecule has 1 aromatic carbocycles. The highest BCUT2D eigenvalue weighted by Crippen LogP contribution is 2.40. The maximum atomic E-state index is 12.7. The molecule has 7 heteroatoms. The lowest BCUT2D eigenvalue weighted by atomic mass is 10.1. The molecule has 1 saturated carbocycles. The normalized spacial score (nSPS) is 13.4. The van der Waals surface area contributed by atoms with Crippen molar-refractivity contribution in [3.8, 4) is 6.07 Å². The number of hydrogen-bond acceptors (Lipinski definition) is 6. The van der Waals surface area contributed by atoms with Gasteiger partial charge in [0.25, 0.3) is 5.91 Å². The van der Waals surface area contributed by atoms with Gasteiger partial charge in [0, 0.05) is 29.4 Å². The van der Waals surface area contributed by atoms with Gasteiger partial charge < -0.3 is 5.32 Å². The zero-order valence-corrected chi connectivity index (χ0v) is 18.1. The van der Waals surface area contributed by atoms with Crippen LogP contribution in [0.15, 0.2) is 24.3 Å². The summed E-state index contributed by atoms with van der Waals surface area (Å²) in [7, 11) is 0. The van der Waals surface area contributed by atoms with E-state index in [1.165, 1.54) is 24.2 Å². The third-order valence-corrected chi connectivity index (χ3v) is 7.26. The molecule has 0 unspecified atom stereocenters. The van der Waals surface area contributed by atoms with E-state index < -0.39 is 0 Å². The molecule has 0 spiro atoms. The molecule has 2 heterocycles. The average molecular weight is 423 g/mol. The third-order valence-electron chi connectivity index (χ3n) is 5.06. The predicted octanol–water partition coefficient (Wildman–Crippen LogP) is 4.72. The second-order valence-corrected chi connectivity index (χ2v) is 9.36. The quantitative estimate of drug-likeness (QED) is 0.557. The van der Waals surface area contributed by atoms with Crippen molar-refractivity contribution >= 4 is 39.2 Å². The van der Waals surface area contributed by atoms with Gasteiger partial charge in [-0.05, 0) is 43.9 Å². The summed E-state index contributed by atoms with van der Waals surface area (Å²) in [5.74, 6) is 2.94. The number of fused-ring (bicyclic) bond motifs is 1. The number of rotatable bonds is 7. The first kappa shape index (κ1) is 19.9. The molecule has 1 N–H and O–H groups in total. The first-order valence-electron chi connectivity index (χ1n) is 9.70. The molecule has 1 fully saturated rings. The van der Waals surface area contributed by atoms with Crippen LogP contribution in [-0.2, 0) is 5.75 Å². The van der Waals surface area contributed by atoms with E-state index in [4.69, 9.17) is 10.2 Å². The number of aryl methyl sites for hydroxylation is 2. The predicted molar refractivity (Wildman–Crippen MR) is 119 cm³/mol. The molecule has 0 radical (unpaired) electrons. The van der Waals surface area contributed by atoms with Crippen LogP contribution in [0, 0.1) is 25.2 Å². The van der Waals surface area contributed by atoms with Gasteiger partial charge in [-0.1, -0.05) is 18.2 Å². The van der Waals surface area contributed by atoms with Crippen LogP contribution in [-0.4, -0.2) is 28.2 Å². The molecule has 3 aromatic rings. The molecule has 0 atom stereocenters. The Bertz CT molecular complexity index is 1110. The van der Waals surface area contributed by atoms with E-state index in [9.17, 15) is 4.79 Å². The van der Waals surface area contributed by atoms with Crippen LogP contribution in [0.3, 0.4) is 0 Å². The largest absolute Gasteiger partial charge is 0.351 e. The van der Waals surface area contributed by atoms with Gasteiger partial charge in [-0.3, -0.25) is 4.79 Å². The maximum absolute atomic E-state index is 12.7. The number of thiophene rings is 1. The number of thioether (sulfide) groups is 1. The van der Waals surface area contributed by atoms with Crippen LogP contribution in [0.1, 0.15) is 56.6 Å². The Kier molecular flexibility index (Phi) is 5.84. The van der Waals surface area contributed by atoms with Crippen molar-refractivity contribution in [1.82, 2.24) is 15.3 Å². The minimum atomic E-state index is -0.0455. The van der Waals surface area contributed by atoms with Gasteiger partial charge in [0.2, 0.25) is 0 Å². The van der Waals surface area contributed by atoms with Gasteiger partial charge in [0.05, 0.1) is 22.2 Å². The molecule has 0 bridgehead atoms.